The van der Waals surface area contributed by atoms with Gasteiger partial charge in [-0.1, -0.05) is 6.92 Å². The Bertz CT molecular complexity index is 178. The van der Waals surface area contributed by atoms with Crippen LogP contribution in [0.1, 0.15) is 20.3 Å². The molecule has 0 aromatic heterocycles. The zero-order valence-corrected chi connectivity index (χ0v) is 8.29. The zero-order valence-electron chi connectivity index (χ0n) is 8.29. The molecule has 0 saturated carbocycles. The first-order valence-corrected chi connectivity index (χ1v) is 4.81. The Morgan fingerprint density at radius 3 is 2.77 bits per heavy atom. The lowest BCUT2D eigenvalue weighted by molar-refractivity contribution is -0.125. The third kappa shape index (κ3) is 3.32. The molecule has 1 heterocycles. The van der Waals surface area contributed by atoms with Crippen molar-refractivity contribution in [2.24, 2.45) is 0 Å². The number of carbonyl (C=O) groups is 1. The first-order chi connectivity index (χ1) is 6.11. The topological polar surface area (TPSA) is 52.6 Å². The summed E-state index contributed by atoms with van der Waals surface area (Å²) in [6, 6.07) is 0.249. The molecule has 4 heteroatoms. The van der Waals surface area contributed by atoms with E-state index >= 15 is 0 Å². The molecule has 1 aliphatic heterocycles. The summed E-state index contributed by atoms with van der Waals surface area (Å²) in [6.07, 6.45) is 0.727. The molecule has 0 aromatic rings. The van der Waals surface area contributed by atoms with Gasteiger partial charge in [-0.05, 0) is 13.3 Å². The van der Waals surface area contributed by atoms with E-state index in [9.17, 15) is 4.79 Å². The molecule has 1 fully saturated rings. The lowest BCUT2D eigenvalue weighted by Crippen LogP contribution is -2.54. The quantitative estimate of drug-likeness (QED) is 0.627. The van der Waals surface area contributed by atoms with Gasteiger partial charge < -0.3 is 10.4 Å². The van der Waals surface area contributed by atoms with Gasteiger partial charge in [0.2, 0.25) is 5.91 Å². The van der Waals surface area contributed by atoms with Gasteiger partial charge in [-0.25, -0.2) is 0 Å². The molecule has 1 amide bonds. The van der Waals surface area contributed by atoms with E-state index in [1.165, 1.54) is 0 Å². The monoisotopic (exact) mass is 186 g/mol. The largest absolute Gasteiger partial charge is 0.390 e. The van der Waals surface area contributed by atoms with Crippen molar-refractivity contribution < 1.29 is 9.90 Å². The van der Waals surface area contributed by atoms with Crippen LogP contribution < -0.4 is 5.32 Å². The molecule has 4 nitrogen and oxygen atoms in total. The number of aliphatic hydroxyl groups excluding tert-OH is 1. The first kappa shape index (κ1) is 10.5. The number of amides is 1. The molecule has 1 saturated heterocycles. The zero-order chi connectivity index (χ0) is 9.84. The molecule has 0 spiro atoms. The maximum absolute atomic E-state index is 11.3. The highest BCUT2D eigenvalue weighted by molar-refractivity contribution is 5.78. The fourth-order valence-corrected chi connectivity index (χ4v) is 1.30. The van der Waals surface area contributed by atoms with Crippen LogP contribution in [0, 0.1) is 0 Å². The van der Waals surface area contributed by atoms with E-state index in [-0.39, 0.29) is 18.1 Å². The van der Waals surface area contributed by atoms with Gasteiger partial charge in [0.15, 0.2) is 0 Å². The Kier molecular flexibility index (Phi) is 3.69. The minimum atomic E-state index is -0.226. The number of hydrogen-bond donors (Lipinski definition) is 2. The van der Waals surface area contributed by atoms with E-state index in [2.05, 4.69) is 5.32 Å². The van der Waals surface area contributed by atoms with Gasteiger partial charge >= 0.3 is 0 Å². The smallest absolute Gasteiger partial charge is 0.234 e. The molecule has 0 aliphatic carbocycles. The van der Waals surface area contributed by atoms with Crippen molar-refractivity contribution in [2.45, 2.75) is 32.4 Å². The van der Waals surface area contributed by atoms with Crippen LogP contribution in [0.5, 0.6) is 0 Å². The third-order valence-electron chi connectivity index (χ3n) is 2.32. The van der Waals surface area contributed by atoms with Gasteiger partial charge in [0, 0.05) is 19.1 Å². The van der Waals surface area contributed by atoms with Crippen molar-refractivity contribution in [3.63, 3.8) is 0 Å². The second-order valence-electron chi connectivity index (χ2n) is 3.72. The van der Waals surface area contributed by atoms with Crippen LogP contribution in [0.15, 0.2) is 0 Å². The van der Waals surface area contributed by atoms with Crippen LogP contribution in [0.4, 0.5) is 0 Å². The highest BCUT2D eigenvalue weighted by Crippen LogP contribution is 2.05. The fourth-order valence-electron chi connectivity index (χ4n) is 1.30. The molecule has 0 aromatic carbocycles. The minimum absolute atomic E-state index is 0.0567. The highest BCUT2D eigenvalue weighted by atomic mass is 16.3. The van der Waals surface area contributed by atoms with E-state index in [0.717, 1.165) is 6.42 Å². The van der Waals surface area contributed by atoms with Gasteiger partial charge in [-0.2, -0.15) is 0 Å². The van der Waals surface area contributed by atoms with E-state index in [0.29, 0.717) is 19.6 Å². The van der Waals surface area contributed by atoms with Crippen molar-refractivity contribution in [1.82, 2.24) is 10.2 Å². The van der Waals surface area contributed by atoms with Crippen LogP contribution >= 0.6 is 0 Å². The van der Waals surface area contributed by atoms with Gasteiger partial charge in [0.25, 0.3) is 0 Å². The number of likely N-dealkylation sites (tertiary alicyclic amines) is 1. The Labute approximate surface area is 78.9 Å². The van der Waals surface area contributed by atoms with Crippen LogP contribution in [0.2, 0.25) is 0 Å². The lowest BCUT2D eigenvalue weighted by atomic mass is 10.2. The van der Waals surface area contributed by atoms with Gasteiger partial charge in [-0.15, -0.1) is 0 Å². The Morgan fingerprint density at radius 2 is 2.31 bits per heavy atom. The molecule has 0 radical (unpaired) electrons. The van der Waals surface area contributed by atoms with Crippen molar-refractivity contribution in [2.75, 3.05) is 19.6 Å². The van der Waals surface area contributed by atoms with E-state index in [4.69, 9.17) is 5.11 Å². The Balaban J connectivity index is 2.11. The summed E-state index contributed by atoms with van der Waals surface area (Å²) in [6.45, 7) is 5.71. The molecule has 1 aliphatic rings. The summed E-state index contributed by atoms with van der Waals surface area (Å²) >= 11 is 0. The number of rotatable bonds is 4. The van der Waals surface area contributed by atoms with E-state index in [1.54, 1.807) is 0 Å². The maximum atomic E-state index is 11.3. The van der Waals surface area contributed by atoms with Crippen LogP contribution in [0.3, 0.4) is 0 Å². The summed E-state index contributed by atoms with van der Waals surface area (Å²) in [5, 5.41) is 11.9. The SMILES string of the molecule is CCC(C)NC(=O)CN1CC(O)C1. The molecular weight excluding hydrogens is 168 g/mol. The second-order valence-corrected chi connectivity index (χ2v) is 3.72. The van der Waals surface area contributed by atoms with Crippen molar-refractivity contribution in [1.29, 1.82) is 0 Å². The van der Waals surface area contributed by atoms with Crippen LogP contribution in [-0.2, 0) is 4.79 Å². The predicted octanol–water partition coefficient (Wildman–Crippen LogP) is -0.422. The number of β-amino-alcohol motifs (C(OH)–C–C–N with tert-alkyl or cyclic N) is 1. The molecule has 2 N–H and O–H groups in total. The maximum Gasteiger partial charge on any atom is 0.234 e. The normalized spacial score (nSPS) is 20.8. The fraction of sp³-hybridized carbons (Fsp3) is 0.889. The average Bonchev–Trinajstić information content (AvgIpc) is 2.01. The Hall–Kier alpha value is -0.610. The molecule has 1 unspecified atom stereocenters. The lowest BCUT2D eigenvalue weighted by Gasteiger charge is -2.35. The summed E-state index contributed by atoms with van der Waals surface area (Å²) in [7, 11) is 0. The van der Waals surface area contributed by atoms with Gasteiger partial charge in [0.05, 0.1) is 12.6 Å². The van der Waals surface area contributed by atoms with E-state index in [1.807, 2.05) is 18.7 Å². The summed E-state index contributed by atoms with van der Waals surface area (Å²) in [5.74, 6) is 0.0567. The van der Waals surface area contributed by atoms with Crippen LogP contribution in [-0.4, -0.2) is 47.7 Å². The molecular formula is C9H18N2O2. The molecule has 0 bridgehead atoms. The Morgan fingerprint density at radius 1 is 1.69 bits per heavy atom. The average molecular weight is 186 g/mol. The van der Waals surface area contributed by atoms with Gasteiger partial charge in [-0.3, -0.25) is 9.69 Å². The number of nitrogens with one attached hydrogen (secondary N) is 1. The molecule has 76 valence electrons. The standard InChI is InChI=1S/C9H18N2O2/c1-3-7(2)10-9(13)6-11-4-8(12)5-11/h7-8,12H,3-6H2,1-2H3,(H,10,13). The predicted molar refractivity (Wildman–Crippen MR) is 50.3 cm³/mol. The summed E-state index contributed by atoms with van der Waals surface area (Å²) < 4.78 is 0. The van der Waals surface area contributed by atoms with Crippen molar-refractivity contribution in [3.05, 3.63) is 0 Å². The highest BCUT2D eigenvalue weighted by Gasteiger charge is 2.25. The van der Waals surface area contributed by atoms with Crippen molar-refractivity contribution in [3.8, 4) is 0 Å². The number of carbonyl (C=O) groups excluding carboxylic acids is 1. The first-order valence-electron chi connectivity index (χ1n) is 4.81. The van der Waals surface area contributed by atoms with Crippen molar-refractivity contribution >= 4 is 5.91 Å². The summed E-state index contributed by atoms with van der Waals surface area (Å²) in [5.41, 5.74) is 0. The molecule has 1 atom stereocenters. The number of nitrogens with zero attached hydrogens (tertiary/aromatic N) is 1. The van der Waals surface area contributed by atoms with E-state index < -0.39 is 0 Å². The number of hydrogen-bond acceptors (Lipinski definition) is 3. The van der Waals surface area contributed by atoms with Gasteiger partial charge in [0.1, 0.15) is 0 Å². The second kappa shape index (κ2) is 4.58. The number of aliphatic hydroxyl groups is 1. The van der Waals surface area contributed by atoms with Crippen LogP contribution in [0.25, 0.3) is 0 Å². The molecule has 1 rings (SSSR count). The molecule has 13 heavy (non-hydrogen) atoms. The summed E-state index contributed by atoms with van der Waals surface area (Å²) in [4.78, 5) is 13.2. The third-order valence-corrected chi connectivity index (χ3v) is 2.32. The minimum Gasteiger partial charge on any atom is -0.390 e.